The van der Waals surface area contributed by atoms with E-state index in [2.05, 4.69) is 25.9 Å². The highest BCUT2D eigenvalue weighted by molar-refractivity contribution is 8.02. The molecule has 5 amide bonds. The van der Waals surface area contributed by atoms with Gasteiger partial charge in [-0.3, -0.25) is 29.5 Å². The van der Waals surface area contributed by atoms with Gasteiger partial charge in [0.25, 0.3) is 17.6 Å². The highest BCUT2D eigenvalue weighted by atomic mass is 35.5. The molecule has 1 aromatic carbocycles. The van der Waals surface area contributed by atoms with Crippen molar-refractivity contribution in [3.63, 3.8) is 0 Å². The first-order valence-corrected chi connectivity index (χ1v) is 15.1. The second-order valence-electron chi connectivity index (χ2n) is 9.74. The second-order valence-corrected chi connectivity index (χ2v) is 12.4. The molecule has 46 heavy (non-hydrogen) atoms. The van der Waals surface area contributed by atoms with Crippen molar-refractivity contribution in [3.05, 3.63) is 38.7 Å². The smallest absolute Gasteiger partial charge is 0.342 e. The largest absolute Gasteiger partial charge is 0.504 e. The van der Waals surface area contributed by atoms with Crippen molar-refractivity contribution in [2.24, 2.45) is 10.3 Å². The minimum Gasteiger partial charge on any atom is -0.504 e. The van der Waals surface area contributed by atoms with Crippen LogP contribution in [0.5, 0.6) is 5.75 Å². The quantitative estimate of drug-likeness (QED) is 0.0585. The Hall–Kier alpha value is -5.15. The fraction of sp³-hybridized carbons (Fsp3) is 0.292. The van der Waals surface area contributed by atoms with Gasteiger partial charge in [0.15, 0.2) is 16.6 Å². The number of nitrogens with two attached hydrogens (primary N) is 1. The summed E-state index contributed by atoms with van der Waals surface area (Å²) < 4.78 is 0. The number of anilines is 1. The molecule has 1 unspecified atom stereocenters. The Kier molecular flexibility index (Phi) is 8.64. The highest BCUT2D eigenvalue weighted by Gasteiger charge is 2.66. The summed E-state index contributed by atoms with van der Waals surface area (Å²) in [5.74, 6) is -5.92. The summed E-state index contributed by atoms with van der Waals surface area (Å²) in [6.07, 6.45) is 1.09. The SMILES string of the molecule is N=C(C(=O)NC1C(=O)N2C[C@@](C(=O)O)(N3CCN(/N=C/CNC(=O)C(=O)c4ccc(N=O)c(O)c4Cl)C3=O)S[C@H]12)c1csc(N)n1. The number of carbonyl (C=O) groups excluding carboxylic acids is 5. The van der Waals surface area contributed by atoms with Crippen LogP contribution >= 0.6 is 34.7 Å². The zero-order valence-corrected chi connectivity index (χ0v) is 25.4. The van der Waals surface area contributed by atoms with Crippen molar-refractivity contribution in [3.8, 4) is 5.75 Å². The Labute approximate surface area is 270 Å². The van der Waals surface area contributed by atoms with E-state index < -0.39 is 74.0 Å². The van der Waals surface area contributed by atoms with Gasteiger partial charge in [0.1, 0.15) is 22.8 Å². The van der Waals surface area contributed by atoms with Crippen molar-refractivity contribution in [1.82, 2.24) is 30.4 Å². The van der Waals surface area contributed by atoms with Crippen LogP contribution in [0.15, 0.2) is 27.8 Å². The summed E-state index contributed by atoms with van der Waals surface area (Å²) in [5.41, 5.74) is 4.24. The first-order valence-electron chi connectivity index (χ1n) is 12.9. The summed E-state index contributed by atoms with van der Waals surface area (Å²) in [6, 6.07) is 0.0990. The maximum atomic E-state index is 13.2. The van der Waals surface area contributed by atoms with Gasteiger partial charge in [-0.1, -0.05) is 23.4 Å². The number of phenolic OH excluding ortho intramolecular Hbond substituents is 1. The van der Waals surface area contributed by atoms with E-state index in [1.165, 1.54) is 10.3 Å². The minimum atomic E-state index is -1.90. The van der Waals surface area contributed by atoms with Gasteiger partial charge in [-0.15, -0.1) is 16.2 Å². The van der Waals surface area contributed by atoms with Crippen LogP contribution in [0.4, 0.5) is 15.6 Å². The number of carboxylic acids is 1. The fourth-order valence-electron chi connectivity index (χ4n) is 4.79. The van der Waals surface area contributed by atoms with Crippen molar-refractivity contribution < 1.29 is 39.0 Å². The molecule has 3 aliphatic heterocycles. The number of nitrogen functional groups attached to an aromatic ring is 1. The van der Waals surface area contributed by atoms with Gasteiger partial charge in [0, 0.05) is 18.1 Å². The number of benzene rings is 1. The number of nitroso groups, excluding NO2 is 1. The van der Waals surface area contributed by atoms with Crippen molar-refractivity contribution >= 4 is 93.0 Å². The number of aliphatic carboxylic acids is 1. The summed E-state index contributed by atoms with van der Waals surface area (Å²) in [7, 11) is 0. The molecule has 5 rings (SSSR count). The zero-order chi connectivity index (χ0) is 33.5. The number of rotatable bonds is 11. The number of amides is 5. The third-order valence-electron chi connectivity index (χ3n) is 7.11. The Morgan fingerprint density at radius 1 is 1.24 bits per heavy atom. The Morgan fingerprint density at radius 2 is 1.98 bits per heavy atom. The molecule has 0 bridgehead atoms. The Bertz CT molecular complexity index is 1750. The monoisotopic (exact) mass is 692 g/mol. The summed E-state index contributed by atoms with van der Waals surface area (Å²) in [4.78, 5) is 90.7. The van der Waals surface area contributed by atoms with Crippen LogP contribution < -0.4 is 16.4 Å². The number of thioether (sulfide) groups is 1. The summed E-state index contributed by atoms with van der Waals surface area (Å²) in [6.45, 7) is -0.836. The topological polar surface area (TPSA) is 281 Å². The van der Waals surface area contributed by atoms with Gasteiger partial charge in [0.2, 0.25) is 10.8 Å². The number of phenols is 1. The van der Waals surface area contributed by atoms with E-state index in [-0.39, 0.29) is 42.6 Å². The van der Waals surface area contributed by atoms with E-state index in [4.69, 9.17) is 22.7 Å². The standard InChI is InChI=1S/C24H21ClN10O9S2/c25-12-9(1-2-10(32-44)16(12)37)15(36)18(39)28-3-4-29-35-6-5-34(23(35)43)24(21(41)42)8-33-19(40)14(20(33)46-24)31-17(38)13(26)11-7-45-22(27)30-11/h1-2,4,7,14,20,26,37H,3,5-6,8H2,(H2,27,30)(H,28,39)(H,31,38)(H,41,42)/b26-13?,29-4+/t14?,20-,24-/m1/s1. The van der Waals surface area contributed by atoms with E-state index in [0.29, 0.717) is 0 Å². The molecule has 0 spiro atoms. The van der Waals surface area contributed by atoms with Crippen LogP contribution in [-0.4, -0.2) is 120 Å². The number of thiazole rings is 1. The molecule has 240 valence electrons. The van der Waals surface area contributed by atoms with E-state index >= 15 is 0 Å². The number of carboxylic acid groups (broad SMARTS) is 1. The maximum Gasteiger partial charge on any atom is 0.342 e. The van der Waals surface area contributed by atoms with Crippen molar-refractivity contribution in [2.45, 2.75) is 16.3 Å². The molecule has 19 nitrogen and oxygen atoms in total. The van der Waals surface area contributed by atoms with Gasteiger partial charge in [-0.25, -0.2) is 19.6 Å². The van der Waals surface area contributed by atoms with Gasteiger partial charge >= 0.3 is 12.0 Å². The number of urea groups is 1. The van der Waals surface area contributed by atoms with Crippen molar-refractivity contribution in [2.75, 3.05) is 31.9 Å². The molecule has 3 fully saturated rings. The Balaban J connectivity index is 1.18. The average molecular weight is 693 g/mol. The molecule has 3 atom stereocenters. The molecule has 0 radical (unpaired) electrons. The number of hydrogen-bond donors (Lipinski definition) is 6. The van der Waals surface area contributed by atoms with E-state index in [1.54, 1.807) is 0 Å². The summed E-state index contributed by atoms with van der Waals surface area (Å²) in [5, 5.41) is 40.3. The molecule has 3 saturated heterocycles. The lowest BCUT2D eigenvalue weighted by Crippen LogP contribution is -2.68. The molecular weight excluding hydrogens is 672 g/mol. The van der Waals surface area contributed by atoms with Crippen LogP contribution in [0.2, 0.25) is 5.02 Å². The second kappa shape index (κ2) is 12.3. The Morgan fingerprint density at radius 3 is 2.63 bits per heavy atom. The average Bonchev–Trinajstić information content (AvgIpc) is 3.74. The first-order chi connectivity index (χ1) is 21.8. The zero-order valence-electron chi connectivity index (χ0n) is 23.0. The van der Waals surface area contributed by atoms with Gasteiger partial charge in [0.05, 0.1) is 30.2 Å². The number of hydrogen-bond acceptors (Lipinski definition) is 15. The molecule has 22 heteroatoms. The lowest BCUT2D eigenvalue weighted by atomic mass is 10.1. The fourth-order valence-corrected chi connectivity index (χ4v) is 7.23. The molecule has 4 heterocycles. The number of Topliss-reactive ketones (excluding diaryl/α,β-unsaturated/α-hetero) is 1. The molecule has 1 aromatic heterocycles. The van der Waals surface area contributed by atoms with Gasteiger partial charge in [-0.05, 0) is 17.3 Å². The number of nitrogens with zero attached hydrogens (tertiary/aromatic N) is 6. The molecule has 0 saturated carbocycles. The van der Waals surface area contributed by atoms with Gasteiger partial charge < -0.3 is 31.5 Å². The van der Waals surface area contributed by atoms with Crippen molar-refractivity contribution in [1.29, 1.82) is 5.41 Å². The highest BCUT2D eigenvalue weighted by Crippen LogP contribution is 2.49. The normalized spacial score (nSPS) is 22.1. The number of aromatic nitrogens is 1. The number of hydrazone groups is 1. The first kappa shape index (κ1) is 32.2. The lowest BCUT2D eigenvalue weighted by molar-refractivity contribution is -0.151. The number of β-lactam (4-membered cyclic amide) rings is 1. The maximum absolute atomic E-state index is 13.2. The molecule has 2 aromatic rings. The van der Waals surface area contributed by atoms with Crippen LogP contribution in [0.1, 0.15) is 16.1 Å². The number of halogens is 1. The third kappa shape index (κ3) is 5.47. The number of ketones is 1. The van der Waals surface area contributed by atoms with Crippen LogP contribution in [0.3, 0.4) is 0 Å². The van der Waals surface area contributed by atoms with E-state index in [0.717, 1.165) is 51.4 Å². The number of carbonyl (C=O) groups is 6. The lowest BCUT2D eigenvalue weighted by Gasteiger charge is -2.41. The molecule has 3 aliphatic rings. The molecule has 7 N–H and O–H groups in total. The minimum absolute atomic E-state index is 0.0184. The number of fused-ring (bicyclic) bond motifs is 1. The molecular formula is C24H21ClN10O9S2. The predicted molar refractivity (Wildman–Crippen MR) is 162 cm³/mol. The van der Waals surface area contributed by atoms with E-state index in [1.807, 2.05) is 0 Å². The van der Waals surface area contributed by atoms with Crippen LogP contribution in [0, 0.1) is 10.3 Å². The van der Waals surface area contributed by atoms with Crippen LogP contribution in [0.25, 0.3) is 0 Å². The number of aromatic hydroxyl groups is 1. The van der Waals surface area contributed by atoms with E-state index in [9.17, 15) is 43.9 Å². The van der Waals surface area contributed by atoms with Crippen LogP contribution in [-0.2, 0) is 19.2 Å². The summed E-state index contributed by atoms with van der Waals surface area (Å²) >= 11 is 7.67. The number of nitrogens with one attached hydrogen (secondary N) is 3. The predicted octanol–water partition coefficient (Wildman–Crippen LogP) is -0.247. The van der Waals surface area contributed by atoms with Gasteiger partial charge in [-0.2, -0.15) is 5.10 Å². The molecule has 0 aliphatic carbocycles. The third-order valence-corrected chi connectivity index (χ3v) is 9.85.